The Bertz CT molecular complexity index is 154. The van der Waals surface area contributed by atoms with Gasteiger partial charge in [-0.15, -0.1) is 0 Å². The van der Waals surface area contributed by atoms with E-state index >= 15 is 0 Å². The fourth-order valence-electron chi connectivity index (χ4n) is 2.39. The van der Waals surface area contributed by atoms with Crippen molar-refractivity contribution in [1.82, 2.24) is 15.5 Å². The van der Waals surface area contributed by atoms with Crippen molar-refractivity contribution in [1.29, 1.82) is 0 Å². The first-order chi connectivity index (χ1) is 6.36. The van der Waals surface area contributed by atoms with Crippen LogP contribution in [0.5, 0.6) is 0 Å². The van der Waals surface area contributed by atoms with E-state index < -0.39 is 0 Å². The van der Waals surface area contributed by atoms with Crippen molar-refractivity contribution in [2.45, 2.75) is 25.9 Å². The Morgan fingerprint density at radius 2 is 2.23 bits per heavy atom. The summed E-state index contributed by atoms with van der Waals surface area (Å²) in [6, 6.07) is 0. The molecule has 2 fully saturated rings. The molecule has 2 saturated heterocycles. The highest BCUT2D eigenvalue weighted by molar-refractivity contribution is 4.80. The molecule has 2 rings (SSSR count). The maximum absolute atomic E-state index is 3.57. The van der Waals surface area contributed by atoms with E-state index in [9.17, 15) is 0 Å². The van der Waals surface area contributed by atoms with E-state index in [1.54, 1.807) is 0 Å². The Morgan fingerprint density at radius 3 is 3.00 bits per heavy atom. The number of nitrogens with zero attached hydrogens (tertiary/aromatic N) is 1. The zero-order valence-corrected chi connectivity index (χ0v) is 8.55. The second kappa shape index (κ2) is 4.40. The third-order valence-electron chi connectivity index (χ3n) is 3.09. The molecule has 0 saturated carbocycles. The Kier molecular flexibility index (Phi) is 3.19. The number of rotatable bonds is 1. The summed E-state index contributed by atoms with van der Waals surface area (Å²) in [5.74, 6) is 0.796. The van der Waals surface area contributed by atoms with Crippen LogP contribution in [0.3, 0.4) is 0 Å². The summed E-state index contributed by atoms with van der Waals surface area (Å²) in [5.41, 5.74) is 0. The summed E-state index contributed by atoms with van der Waals surface area (Å²) >= 11 is 0. The van der Waals surface area contributed by atoms with Gasteiger partial charge in [-0.3, -0.25) is 4.90 Å². The summed E-state index contributed by atoms with van der Waals surface area (Å²) in [7, 11) is 0. The molecule has 3 nitrogen and oxygen atoms in total. The highest BCUT2D eigenvalue weighted by Crippen LogP contribution is 2.13. The van der Waals surface area contributed by atoms with Gasteiger partial charge in [0.15, 0.2) is 0 Å². The molecule has 0 spiro atoms. The standard InChI is InChI=1S/C10H21N3/c1-9-7-11-5-6-13(8-9)10-3-2-4-12-10/h9-12H,2-8H2,1H3. The van der Waals surface area contributed by atoms with Crippen LogP contribution in [-0.4, -0.2) is 43.8 Å². The van der Waals surface area contributed by atoms with Crippen LogP contribution in [0.4, 0.5) is 0 Å². The molecule has 3 heteroatoms. The summed E-state index contributed by atoms with van der Waals surface area (Å²) < 4.78 is 0. The highest BCUT2D eigenvalue weighted by Gasteiger charge is 2.24. The zero-order valence-electron chi connectivity index (χ0n) is 8.55. The van der Waals surface area contributed by atoms with Gasteiger partial charge in [-0.2, -0.15) is 0 Å². The molecule has 0 radical (unpaired) electrons. The molecule has 2 N–H and O–H groups in total. The molecule has 0 aromatic rings. The molecule has 13 heavy (non-hydrogen) atoms. The molecule has 0 aromatic heterocycles. The van der Waals surface area contributed by atoms with Gasteiger partial charge >= 0.3 is 0 Å². The van der Waals surface area contributed by atoms with Crippen LogP contribution in [0.1, 0.15) is 19.8 Å². The average molecular weight is 183 g/mol. The second-order valence-corrected chi connectivity index (χ2v) is 4.42. The van der Waals surface area contributed by atoms with Crippen molar-refractivity contribution in [2.24, 2.45) is 5.92 Å². The van der Waals surface area contributed by atoms with Gasteiger partial charge in [0.2, 0.25) is 0 Å². The molecule has 0 amide bonds. The van der Waals surface area contributed by atoms with Gasteiger partial charge in [-0.05, 0) is 31.8 Å². The Labute approximate surface area is 80.9 Å². The smallest absolute Gasteiger partial charge is 0.0598 e. The van der Waals surface area contributed by atoms with Crippen LogP contribution in [0.25, 0.3) is 0 Å². The maximum Gasteiger partial charge on any atom is 0.0598 e. The van der Waals surface area contributed by atoms with Crippen LogP contribution in [0.2, 0.25) is 0 Å². The van der Waals surface area contributed by atoms with E-state index in [2.05, 4.69) is 22.5 Å². The first kappa shape index (κ1) is 9.44. The minimum absolute atomic E-state index is 0.669. The van der Waals surface area contributed by atoms with Crippen LogP contribution in [0.15, 0.2) is 0 Å². The quantitative estimate of drug-likeness (QED) is 0.610. The minimum Gasteiger partial charge on any atom is -0.315 e. The number of hydrogen-bond donors (Lipinski definition) is 2. The van der Waals surface area contributed by atoms with E-state index in [-0.39, 0.29) is 0 Å². The van der Waals surface area contributed by atoms with Gasteiger partial charge in [-0.25, -0.2) is 0 Å². The maximum atomic E-state index is 3.57. The number of hydrogen-bond acceptors (Lipinski definition) is 3. The molecule has 2 heterocycles. The van der Waals surface area contributed by atoms with Gasteiger partial charge in [0.05, 0.1) is 6.17 Å². The Morgan fingerprint density at radius 1 is 1.31 bits per heavy atom. The van der Waals surface area contributed by atoms with Crippen molar-refractivity contribution in [3.05, 3.63) is 0 Å². The fraction of sp³-hybridized carbons (Fsp3) is 1.00. The van der Waals surface area contributed by atoms with E-state index in [1.807, 2.05) is 0 Å². The van der Waals surface area contributed by atoms with Gasteiger partial charge in [0, 0.05) is 19.6 Å². The lowest BCUT2D eigenvalue weighted by Gasteiger charge is -2.28. The first-order valence-corrected chi connectivity index (χ1v) is 5.54. The minimum atomic E-state index is 0.669. The highest BCUT2D eigenvalue weighted by atomic mass is 15.3. The topological polar surface area (TPSA) is 27.3 Å². The lowest BCUT2D eigenvalue weighted by Crippen LogP contribution is -2.44. The molecule has 2 atom stereocenters. The summed E-state index contributed by atoms with van der Waals surface area (Å²) in [6.45, 7) is 8.35. The predicted molar refractivity (Wildman–Crippen MR) is 54.6 cm³/mol. The second-order valence-electron chi connectivity index (χ2n) is 4.42. The molecular weight excluding hydrogens is 162 g/mol. The van der Waals surface area contributed by atoms with Gasteiger partial charge in [0.1, 0.15) is 0 Å². The molecule has 0 aromatic carbocycles. The summed E-state index contributed by atoms with van der Waals surface area (Å²) in [6.07, 6.45) is 3.36. The SMILES string of the molecule is CC1CNCCN(C2CCCN2)C1. The predicted octanol–water partition coefficient (Wildman–Crippen LogP) is 0.237. The largest absolute Gasteiger partial charge is 0.315 e. The van der Waals surface area contributed by atoms with Crippen molar-refractivity contribution in [3.8, 4) is 0 Å². The van der Waals surface area contributed by atoms with Crippen molar-refractivity contribution >= 4 is 0 Å². The van der Waals surface area contributed by atoms with Gasteiger partial charge < -0.3 is 10.6 Å². The van der Waals surface area contributed by atoms with E-state index in [1.165, 1.54) is 39.0 Å². The third-order valence-corrected chi connectivity index (χ3v) is 3.09. The molecular formula is C10H21N3. The lowest BCUT2D eigenvalue weighted by atomic mass is 10.1. The summed E-state index contributed by atoms with van der Waals surface area (Å²) in [4.78, 5) is 2.61. The molecule has 2 aliphatic heterocycles. The van der Waals surface area contributed by atoms with Crippen LogP contribution >= 0.6 is 0 Å². The third kappa shape index (κ3) is 2.42. The summed E-state index contributed by atoms with van der Waals surface area (Å²) in [5, 5.41) is 7.05. The zero-order chi connectivity index (χ0) is 9.10. The molecule has 2 unspecified atom stereocenters. The van der Waals surface area contributed by atoms with E-state index in [4.69, 9.17) is 0 Å². The van der Waals surface area contributed by atoms with Crippen LogP contribution < -0.4 is 10.6 Å². The van der Waals surface area contributed by atoms with Gasteiger partial charge in [-0.1, -0.05) is 6.92 Å². The van der Waals surface area contributed by atoms with Crippen molar-refractivity contribution in [3.63, 3.8) is 0 Å². The molecule has 0 aliphatic carbocycles. The average Bonchev–Trinajstić information content (AvgIpc) is 2.56. The van der Waals surface area contributed by atoms with Crippen molar-refractivity contribution in [2.75, 3.05) is 32.7 Å². The van der Waals surface area contributed by atoms with Crippen molar-refractivity contribution < 1.29 is 0 Å². The fourth-order valence-corrected chi connectivity index (χ4v) is 2.39. The molecule has 0 bridgehead atoms. The Hall–Kier alpha value is -0.120. The number of nitrogens with one attached hydrogen (secondary N) is 2. The molecule has 2 aliphatic rings. The van der Waals surface area contributed by atoms with Crippen LogP contribution in [-0.2, 0) is 0 Å². The molecule has 76 valence electrons. The monoisotopic (exact) mass is 183 g/mol. The van der Waals surface area contributed by atoms with E-state index in [0.717, 1.165) is 12.5 Å². The normalized spacial score (nSPS) is 37.6. The first-order valence-electron chi connectivity index (χ1n) is 5.54. The lowest BCUT2D eigenvalue weighted by molar-refractivity contribution is 0.176. The van der Waals surface area contributed by atoms with E-state index in [0.29, 0.717) is 6.17 Å². The van der Waals surface area contributed by atoms with Crippen LogP contribution in [0, 0.1) is 5.92 Å². The van der Waals surface area contributed by atoms with Gasteiger partial charge in [0.25, 0.3) is 0 Å². The Balaban J connectivity index is 1.88.